The van der Waals surface area contributed by atoms with Gasteiger partial charge in [-0.2, -0.15) is 0 Å². The molecule has 0 unspecified atom stereocenters. The molecule has 2 aromatic heterocycles. The van der Waals surface area contributed by atoms with E-state index in [1.807, 2.05) is 11.4 Å². The minimum absolute atomic E-state index is 0.0115. The molecule has 3 nitrogen and oxygen atoms in total. The van der Waals surface area contributed by atoms with Gasteiger partial charge in [0.15, 0.2) is 5.13 Å². The normalized spacial score (nSPS) is 14.7. The van der Waals surface area contributed by atoms with Gasteiger partial charge in [0.05, 0.1) is 10.6 Å². The molecule has 0 spiro atoms. The van der Waals surface area contributed by atoms with Gasteiger partial charge < -0.3 is 0 Å². The van der Waals surface area contributed by atoms with Crippen LogP contribution in [0.3, 0.4) is 0 Å². The van der Waals surface area contributed by atoms with Gasteiger partial charge in [0, 0.05) is 15.5 Å². The van der Waals surface area contributed by atoms with Crippen LogP contribution >= 0.6 is 22.7 Å². The lowest BCUT2D eigenvalue weighted by atomic mass is 9.93. The number of anilines is 1. The second-order valence-corrected chi connectivity index (χ2v) is 9.67. The standard InChI is InChI=1S/C21H22N2OS2/c1-21(2,3)18-12-25-20(22-18)23-19(24)17-11-15-10-14(8-9-16(15)26-17)13-6-4-5-7-13/h6,8-12H,4-5,7H2,1-3H3,(H,22,23,24). The van der Waals surface area contributed by atoms with E-state index in [2.05, 4.69) is 55.3 Å². The molecule has 0 radical (unpaired) electrons. The Morgan fingerprint density at radius 3 is 2.77 bits per heavy atom. The first-order valence-corrected chi connectivity index (χ1v) is 10.6. The second kappa shape index (κ2) is 6.63. The van der Waals surface area contributed by atoms with Gasteiger partial charge in [-0.15, -0.1) is 22.7 Å². The number of benzene rings is 1. The number of fused-ring (bicyclic) bond motifs is 1. The maximum atomic E-state index is 12.6. The van der Waals surface area contributed by atoms with Gasteiger partial charge in [0.1, 0.15) is 0 Å². The fourth-order valence-electron chi connectivity index (χ4n) is 3.12. The summed E-state index contributed by atoms with van der Waals surface area (Å²) in [5, 5.41) is 6.77. The number of carbonyl (C=O) groups is 1. The third-order valence-electron chi connectivity index (χ3n) is 4.64. The molecule has 2 heterocycles. The highest BCUT2D eigenvalue weighted by atomic mass is 32.1. The third kappa shape index (κ3) is 3.46. The summed E-state index contributed by atoms with van der Waals surface area (Å²) < 4.78 is 1.15. The fourth-order valence-corrected chi connectivity index (χ4v) is 4.99. The number of hydrogen-bond acceptors (Lipinski definition) is 4. The number of allylic oxidation sites excluding steroid dienone is 2. The molecular formula is C21H22N2OS2. The Balaban J connectivity index is 1.56. The SMILES string of the molecule is CC(C)(C)c1csc(NC(=O)c2cc3cc(C4=CCCC4)ccc3s2)n1. The highest BCUT2D eigenvalue weighted by Gasteiger charge is 2.19. The van der Waals surface area contributed by atoms with Crippen molar-refractivity contribution in [2.24, 2.45) is 0 Å². The summed E-state index contributed by atoms with van der Waals surface area (Å²) in [6, 6.07) is 8.51. The summed E-state index contributed by atoms with van der Waals surface area (Å²) in [7, 11) is 0. The summed E-state index contributed by atoms with van der Waals surface area (Å²) in [6.07, 6.45) is 5.91. The van der Waals surface area contributed by atoms with Gasteiger partial charge in [-0.3, -0.25) is 10.1 Å². The van der Waals surface area contributed by atoms with Crippen LogP contribution in [0.4, 0.5) is 5.13 Å². The zero-order valence-corrected chi connectivity index (χ0v) is 16.9. The molecule has 0 saturated carbocycles. The van der Waals surface area contributed by atoms with Crippen molar-refractivity contribution in [2.75, 3.05) is 5.32 Å². The zero-order chi connectivity index (χ0) is 18.3. The second-order valence-electron chi connectivity index (χ2n) is 7.73. The maximum absolute atomic E-state index is 12.6. The highest BCUT2D eigenvalue weighted by molar-refractivity contribution is 7.21. The minimum Gasteiger partial charge on any atom is -0.297 e. The number of nitrogens with zero attached hydrogens (tertiary/aromatic N) is 1. The van der Waals surface area contributed by atoms with Crippen LogP contribution in [0.15, 0.2) is 35.7 Å². The smallest absolute Gasteiger partial charge is 0.267 e. The first-order chi connectivity index (χ1) is 12.4. The number of carbonyl (C=O) groups excluding carboxylic acids is 1. The van der Waals surface area contributed by atoms with E-state index in [1.54, 1.807) is 0 Å². The molecule has 0 bridgehead atoms. The molecule has 1 aliphatic carbocycles. The third-order valence-corrected chi connectivity index (χ3v) is 6.52. The molecule has 0 saturated heterocycles. The molecule has 1 aliphatic rings. The molecule has 0 fully saturated rings. The van der Waals surface area contributed by atoms with Crippen molar-refractivity contribution in [1.29, 1.82) is 0 Å². The van der Waals surface area contributed by atoms with Crippen LogP contribution in [0.5, 0.6) is 0 Å². The van der Waals surface area contributed by atoms with Gasteiger partial charge in [-0.05, 0) is 54.0 Å². The Morgan fingerprint density at radius 2 is 2.08 bits per heavy atom. The maximum Gasteiger partial charge on any atom is 0.267 e. The van der Waals surface area contributed by atoms with Crippen LogP contribution in [-0.2, 0) is 5.41 Å². The fraction of sp³-hybridized carbons (Fsp3) is 0.333. The Kier molecular flexibility index (Phi) is 4.45. The van der Waals surface area contributed by atoms with Crippen molar-refractivity contribution in [3.05, 3.63) is 51.9 Å². The Bertz CT molecular complexity index is 1000. The van der Waals surface area contributed by atoms with E-state index in [0.29, 0.717) is 5.13 Å². The quantitative estimate of drug-likeness (QED) is 0.563. The summed E-state index contributed by atoms with van der Waals surface area (Å²) in [5.74, 6) is -0.0809. The number of amides is 1. The predicted molar refractivity (Wildman–Crippen MR) is 112 cm³/mol. The van der Waals surface area contributed by atoms with E-state index in [-0.39, 0.29) is 11.3 Å². The molecule has 0 aliphatic heterocycles. The first kappa shape index (κ1) is 17.4. The monoisotopic (exact) mass is 382 g/mol. The van der Waals surface area contributed by atoms with E-state index < -0.39 is 0 Å². The summed E-state index contributed by atoms with van der Waals surface area (Å²) in [6.45, 7) is 6.37. The van der Waals surface area contributed by atoms with Crippen molar-refractivity contribution in [2.45, 2.75) is 45.4 Å². The predicted octanol–water partition coefficient (Wildman–Crippen LogP) is 6.47. The molecule has 26 heavy (non-hydrogen) atoms. The molecule has 1 N–H and O–H groups in total. The Morgan fingerprint density at radius 1 is 1.23 bits per heavy atom. The number of nitrogens with one attached hydrogen (secondary N) is 1. The van der Waals surface area contributed by atoms with Gasteiger partial charge in [0.2, 0.25) is 0 Å². The Hall–Kier alpha value is -1.98. The molecule has 134 valence electrons. The van der Waals surface area contributed by atoms with Crippen molar-refractivity contribution in [1.82, 2.24) is 4.98 Å². The molecule has 0 atom stereocenters. The lowest BCUT2D eigenvalue weighted by molar-refractivity contribution is 0.103. The molecule has 5 heteroatoms. The molecular weight excluding hydrogens is 360 g/mol. The summed E-state index contributed by atoms with van der Waals surface area (Å²) in [4.78, 5) is 17.9. The minimum atomic E-state index is -0.0809. The number of thiazole rings is 1. The average molecular weight is 383 g/mol. The number of thiophene rings is 1. The van der Waals surface area contributed by atoms with Crippen molar-refractivity contribution < 1.29 is 4.79 Å². The first-order valence-electron chi connectivity index (χ1n) is 8.90. The summed E-state index contributed by atoms with van der Waals surface area (Å²) in [5.41, 5.74) is 3.71. The van der Waals surface area contributed by atoms with Crippen LogP contribution in [0.2, 0.25) is 0 Å². The van der Waals surface area contributed by atoms with E-state index in [0.717, 1.165) is 27.1 Å². The van der Waals surface area contributed by atoms with Crippen LogP contribution in [0.25, 0.3) is 15.7 Å². The van der Waals surface area contributed by atoms with Gasteiger partial charge in [0.25, 0.3) is 5.91 Å². The molecule has 3 aromatic rings. The zero-order valence-electron chi connectivity index (χ0n) is 15.3. The van der Waals surface area contributed by atoms with Gasteiger partial charge >= 0.3 is 0 Å². The number of hydrogen-bond donors (Lipinski definition) is 1. The van der Waals surface area contributed by atoms with Gasteiger partial charge in [-0.25, -0.2) is 4.98 Å². The van der Waals surface area contributed by atoms with Crippen LogP contribution in [-0.4, -0.2) is 10.9 Å². The molecule has 1 aromatic carbocycles. The van der Waals surface area contributed by atoms with Crippen LogP contribution in [0, 0.1) is 0 Å². The number of aromatic nitrogens is 1. The van der Waals surface area contributed by atoms with Crippen LogP contribution in [0.1, 0.15) is 61.0 Å². The topological polar surface area (TPSA) is 42.0 Å². The van der Waals surface area contributed by atoms with Crippen molar-refractivity contribution >= 4 is 49.4 Å². The van der Waals surface area contributed by atoms with Crippen LogP contribution < -0.4 is 5.32 Å². The highest BCUT2D eigenvalue weighted by Crippen LogP contribution is 2.33. The average Bonchev–Trinajstić information content (AvgIpc) is 3.33. The summed E-state index contributed by atoms with van der Waals surface area (Å²) >= 11 is 3.01. The Labute approximate surface area is 161 Å². The lowest BCUT2D eigenvalue weighted by Gasteiger charge is -2.14. The molecule has 4 rings (SSSR count). The van der Waals surface area contributed by atoms with Gasteiger partial charge in [-0.1, -0.05) is 32.9 Å². The largest absolute Gasteiger partial charge is 0.297 e. The number of rotatable bonds is 3. The van der Waals surface area contributed by atoms with E-state index in [9.17, 15) is 4.79 Å². The van der Waals surface area contributed by atoms with E-state index in [1.165, 1.54) is 46.7 Å². The lowest BCUT2D eigenvalue weighted by Crippen LogP contribution is -2.13. The van der Waals surface area contributed by atoms with Crippen molar-refractivity contribution in [3.8, 4) is 0 Å². The molecule has 1 amide bonds. The van der Waals surface area contributed by atoms with Crippen molar-refractivity contribution in [3.63, 3.8) is 0 Å². The van der Waals surface area contributed by atoms with E-state index >= 15 is 0 Å². The van der Waals surface area contributed by atoms with E-state index in [4.69, 9.17) is 0 Å².